The molecular weight excluding hydrogens is 362 g/mol. The van der Waals surface area contributed by atoms with E-state index in [1.165, 1.54) is 17.3 Å². The minimum Gasteiger partial charge on any atom is -0.351 e. The van der Waals surface area contributed by atoms with E-state index in [1.807, 2.05) is 0 Å². The number of nitrogens with one attached hydrogen (secondary N) is 2. The maximum atomic E-state index is 12.9. The highest BCUT2D eigenvalue weighted by Gasteiger charge is 2.30. The highest BCUT2D eigenvalue weighted by atomic mass is 32.2. The van der Waals surface area contributed by atoms with Gasteiger partial charge in [0.05, 0.1) is 6.54 Å². The van der Waals surface area contributed by atoms with Crippen molar-refractivity contribution in [2.24, 2.45) is 0 Å². The summed E-state index contributed by atoms with van der Waals surface area (Å²) in [6, 6.07) is 3.06. The molecule has 1 aliphatic heterocycles. The van der Waals surface area contributed by atoms with Crippen molar-refractivity contribution >= 4 is 33.2 Å². The van der Waals surface area contributed by atoms with E-state index in [0.29, 0.717) is 13.1 Å². The summed E-state index contributed by atoms with van der Waals surface area (Å²) in [5.41, 5.74) is 0. The lowest BCUT2D eigenvalue weighted by Gasteiger charge is -2.23. The van der Waals surface area contributed by atoms with Crippen molar-refractivity contribution in [3.05, 3.63) is 29.7 Å². The van der Waals surface area contributed by atoms with Crippen molar-refractivity contribution in [3.8, 4) is 0 Å². The molecule has 1 aromatic heterocycles. The minimum absolute atomic E-state index is 0.161. The third kappa shape index (κ3) is 5.38. The second kappa shape index (κ2) is 8.59. The number of amides is 2. The fraction of sp³-hybridized carbons (Fsp3) is 0.500. The number of carbonyl (C=O) groups excluding carboxylic acids is 2. The number of thiophene rings is 1. The Hall–Kier alpha value is -1.71. The summed E-state index contributed by atoms with van der Waals surface area (Å²) in [6.45, 7) is 5.84. The van der Waals surface area contributed by atoms with Gasteiger partial charge in [-0.2, -0.15) is 4.31 Å². The van der Waals surface area contributed by atoms with Gasteiger partial charge < -0.3 is 10.6 Å². The second-order valence-corrected chi connectivity index (χ2v) is 9.23. The molecule has 1 unspecified atom stereocenters. The quantitative estimate of drug-likeness (QED) is 0.720. The van der Waals surface area contributed by atoms with Crippen molar-refractivity contribution in [3.63, 3.8) is 0 Å². The van der Waals surface area contributed by atoms with Crippen molar-refractivity contribution in [1.29, 1.82) is 0 Å². The molecule has 1 aliphatic rings. The highest BCUT2D eigenvalue weighted by Crippen LogP contribution is 2.27. The first kappa shape index (κ1) is 19.6. The summed E-state index contributed by atoms with van der Waals surface area (Å²) >= 11 is 1.15. The van der Waals surface area contributed by atoms with Gasteiger partial charge >= 0.3 is 0 Å². The van der Waals surface area contributed by atoms with E-state index < -0.39 is 10.0 Å². The van der Waals surface area contributed by atoms with Gasteiger partial charge in [0.2, 0.25) is 11.8 Å². The number of carbonyl (C=O) groups is 2. The van der Waals surface area contributed by atoms with Crippen molar-refractivity contribution in [1.82, 2.24) is 14.9 Å². The van der Waals surface area contributed by atoms with Crippen LogP contribution in [0.3, 0.4) is 0 Å². The van der Waals surface area contributed by atoms with Crippen molar-refractivity contribution < 1.29 is 18.0 Å². The van der Waals surface area contributed by atoms with Gasteiger partial charge in [-0.05, 0) is 31.1 Å². The van der Waals surface area contributed by atoms with Crippen LogP contribution in [0, 0.1) is 0 Å². The molecule has 1 atom stereocenters. The first-order valence-corrected chi connectivity index (χ1v) is 10.3. The van der Waals surface area contributed by atoms with Crippen LogP contribution in [0.2, 0.25) is 0 Å². The summed E-state index contributed by atoms with van der Waals surface area (Å²) in [4.78, 5) is 23.3. The largest absolute Gasteiger partial charge is 0.351 e. The number of hydrogen-bond acceptors (Lipinski definition) is 5. The van der Waals surface area contributed by atoms with Crippen LogP contribution in [0.25, 0.3) is 0 Å². The molecule has 2 heterocycles. The fourth-order valence-electron chi connectivity index (χ4n) is 2.63. The summed E-state index contributed by atoms with van der Waals surface area (Å²) in [6.07, 6.45) is 3.54. The Morgan fingerprint density at radius 1 is 1.40 bits per heavy atom. The maximum Gasteiger partial charge on any atom is 0.252 e. The molecule has 0 aliphatic carbocycles. The Balaban J connectivity index is 2.12. The molecule has 1 aromatic rings. The number of sulfonamides is 1. The molecule has 0 radical (unpaired) electrons. The molecule has 0 spiro atoms. The smallest absolute Gasteiger partial charge is 0.252 e. The van der Waals surface area contributed by atoms with Crippen molar-refractivity contribution in [2.75, 3.05) is 13.1 Å². The number of rotatable bonds is 6. The SMILES string of the molecule is C=CC(=O)NC1CCCCN(S(=O)(=O)c2ccc(CNC(C)=O)s2)C1. The van der Waals surface area contributed by atoms with Gasteiger partial charge in [0.1, 0.15) is 4.21 Å². The summed E-state index contributed by atoms with van der Waals surface area (Å²) in [5.74, 6) is -0.455. The monoisotopic (exact) mass is 385 g/mol. The zero-order valence-electron chi connectivity index (χ0n) is 14.2. The first-order chi connectivity index (χ1) is 11.8. The van der Waals surface area contributed by atoms with Gasteiger partial charge in [0.25, 0.3) is 10.0 Å². The topological polar surface area (TPSA) is 95.6 Å². The Morgan fingerprint density at radius 2 is 2.16 bits per heavy atom. The zero-order valence-corrected chi connectivity index (χ0v) is 15.8. The molecule has 2 N–H and O–H groups in total. The lowest BCUT2D eigenvalue weighted by Crippen LogP contribution is -2.44. The van der Waals surface area contributed by atoms with E-state index in [2.05, 4.69) is 17.2 Å². The Morgan fingerprint density at radius 3 is 2.84 bits per heavy atom. The van der Waals surface area contributed by atoms with E-state index >= 15 is 0 Å². The Bertz CT molecular complexity index is 742. The molecule has 1 saturated heterocycles. The minimum atomic E-state index is -3.62. The van der Waals surface area contributed by atoms with E-state index in [-0.39, 0.29) is 28.6 Å². The van der Waals surface area contributed by atoms with Gasteiger partial charge in [0.15, 0.2) is 0 Å². The van der Waals surface area contributed by atoms with Gasteiger partial charge in [-0.3, -0.25) is 9.59 Å². The molecule has 7 nitrogen and oxygen atoms in total. The molecule has 9 heteroatoms. The lowest BCUT2D eigenvalue weighted by molar-refractivity contribution is -0.119. The van der Waals surface area contributed by atoms with Gasteiger partial charge in [-0.1, -0.05) is 13.0 Å². The fourth-order valence-corrected chi connectivity index (χ4v) is 5.61. The average molecular weight is 386 g/mol. The Kier molecular flexibility index (Phi) is 6.74. The number of hydrogen-bond donors (Lipinski definition) is 2. The van der Waals surface area contributed by atoms with Gasteiger partial charge in [-0.25, -0.2) is 8.42 Å². The first-order valence-electron chi connectivity index (χ1n) is 8.09. The molecule has 0 saturated carbocycles. The maximum absolute atomic E-state index is 12.9. The summed E-state index contributed by atoms with van der Waals surface area (Å²) in [7, 11) is -3.62. The average Bonchev–Trinajstić information content (AvgIpc) is 2.93. The van der Waals surface area contributed by atoms with Crippen LogP contribution in [0.1, 0.15) is 31.1 Å². The molecule has 25 heavy (non-hydrogen) atoms. The normalized spacial score (nSPS) is 19.0. The summed E-state index contributed by atoms with van der Waals surface area (Å²) in [5, 5.41) is 5.45. The van der Waals surface area contributed by atoms with E-state index in [9.17, 15) is 18.0 Å². The predicted octanol–water partition coefficient (Wildman–Crippen LogP) is 1.23. The predicted molar refractivity (Wildman–Crippen MR) is 96.6 cm³/mol. The molecule has 2 rings (SSSR count). The van der Waals surface area contributed by atoms with Crippen LogP contribution in [0.15, 0.2) is 29.0 Å². The molecule has 0 bridgehead atoms. The zero-order chi connectivity index (χ0) is 18.4. The van der Waals surface area contributed by atoms with Crippen LogP contribution < -0.4 is 10.6 Å². The summed E-state index contributed by atoms with van der Waals surface area (Å²) < 4.78 is 27.5. The number of nitrogens with zero attached hydrogens (tertiary/aromatic N) is 1. The van der Waals surface area contributed by atoms with Crippen LogP contribution in [-0.2, 0) is 26.2 Å². The Labute approximate surface area is 152 Å². The molecule has 138 valence electrons. The van der Waals surface area contributed by atoms with Crippen LogP contribution in [-0.4, -0.2) is 43.7 Å². The molecular formula is C16H23N3O4S2. The van der Waals surface area contributed by atoms with E-state index in [0.717, 1.165) is 35.5 Å². The van der Waals surface area contributed by atoms with Gasteiger partial charge in [-0.15, -0.1) is 11.3 Å². The molecule has 1 fully saturated rings. The van der Waals surface area contributed by atoms with Crippen LogP contribution in [0.5, 0.6) is 0 Å². The molecule has 2 amide bonds. The second-order valence-electron chi connectivity index (χ2n) is 5.90. The highest BCUT2D eigenvalue weighted by molar-refractivity contribution is 7.91. The van der Waals surface area contributed by atoms with Crippen LogP contribution >= 0.6 is 11.3 Å². The standard InChI is InChI=1S/C16H23N3O4S2/c1-3-15(21)18-13-6-4-5-9-19(11-13)25(22,23)16-8-7-14(24-16)10-17-12(2)20/h3,7-8,13H,1,4-6,9-11H2,2H3,(H,17,20)(H,18,21). The van der Waals surface area contributed by atoms with E-state index in [1.54, 1.807) is 12.1 Å². The van der Waals surface area contributed by atoms with Gasteiger partial charge in [0, 0.05) is 30.9 Å². The van der Waals surface area contributed by atoms with Crippen molar-refractivity contribution in [2.45, 2.75) is 43.0 Å². The third-order valence-corrected chi connectivity index (χ3v) is 7.33. The van der Waals surface area contributed by atoms with E-state index in [4.69, 9.17) is 0 Å². The van der Waals surface area contributed by atoms with Crippen LogP contribution in [0.4, 0.5) is 0 Å². The third-order valence-electron chi connectivity index (χ3n) is 3.91. The molecule has 0 aromatic carbocycles. The lowest BCUT2D eigenvalue weighted by atomic mass is 10.1.